The molecule has 1 aliphatic heterocycles. The van der Waals surface area contributed by atoms with Gasteiger partial charge < -0.3 is 4.74 Å². The molecule has 9 nitrogen and oxygen atoms in total. The van der Waals surface area contributed by atoms with Gasteiger partial charge in [0.15, 0.2) is 5.82 Å². The Morgan fingerprint density at radius 2 is 1.77 bits per heavy atom. The highest BCUT2D eigenvalue weighted by Gasteiger charge is 2.53. The van der Waals surface area contributed by atoms with E-state index < -0.39 is 5.41 Å². The van der Waals surface area contributed by atoms with Gasteiger partial charge in [0, 0.05) is 29.8 Å². The summed E-state index contributed by atoms with van der Waals surface area (Å²) in [6, 6.07) is 16.2. The van der Waals surface area contributed by atoms with Gasteiger partial charge in [-0.1, -0.05) is 73.0 Å². The number of hydrogen-bond donors (Lipinski definition) is 1. The first-order valence-corrected chi connectivity index (χ1v) is 16.0. The van der Waals surface area contributed by atoms with Crippen molar-refractivity contribution < 1.29 is 9.53 Å². The van der Waals surface area contributed by atoms with E-state index in [1.807, 2.05) is 29.8 Å². The molecule has 4 aromatic rings. The molecule has 3 heterocycles. The van der Waals surface area contributed by atoms with E-state index in [9.17, 15) is 9.59 Å². The van der Waals surface area contributed by atoms with Crippen LogP contribution in [0.25, 0.3) is 22.5 Å². The van der Waals surface area contributed by atoms with Crippen molar-refractivity contribution >= 4 is 5.97 Å². The van der Waals surface area contributed by atoms with Crippen LogP contribution in [0, 0.1) is 5.41 Å². The number of aromatic amines is 1. The molecule has 1 aliphatic carbocycles. The number of esters is 1. The summed E-state index contributed by atoms with van der Waals surface area (Å²) in [5.74, 6) is 0.451. The fourth-order valence-electron chi connectivity index (χ4n) is 7.40. The summed E-state index contributed by atoms with van der Waals surface area (Å²) in [7, 11) is 0. The van der Waals surface area contributed by atoms with Crippen LogP contribution < -0.4 is 5.56 Å². The Morgan fingerprint density at radius 3 is 2.43 bits per heavy atom. The van der Waals surface area contributed by atoms with Crippen molar-refractivity contribution in [2.75, 3.05) is 6.61 Å². The van der Waals surface area contributed by atoms with Crippen LogP contribution in [0.3, 0.4) is 0 Å². The molecule has 6 rings (SSSR count). The first-order chi connectivity index (χ1) is 21.4. The molecule has 0 saturated heterocycles. The van der Waals surface area contributed by atoms with Crippen LogP contribution in [0.5, 0.6) is 0 Å². The minimum atomic E-state index is -0.738. The number of tetrazole rings is 1. The molecule has 0 saturated carbocycles. The molecule has 230 valence electrons. The van der Waals surface area contributed by atoms with E-state index in [1.54, 1.807) is 0 Å². The Hall–Kier alpha value is -4.27. The quantitative estimate of drug-likeness (QED) is 0.167. The third-order valence-corrected chi connectivity index (χ3v) is 9.68. The summed E-state index contributed by atoms with van der Waals surface area (Å²) in [5, 5.41) is 14.4. The number of rotatable bonds is 10. The van der Waals surface area contributed by atoms with Crippen molar-refractivity contribution in [1.29, 1.82) is 0 Å². The molecule has 1 N–H and O–H groups in total. The van der Waals surface area contributed by atoms with Crippen LogP contribution in [-0.2, 0) is 28.9 Å². The molecule has 2 aromatic carbocycles. The molecule has 0 radical (unpaired) electrons. The fourth-order valence-corrected chi connectivity index (χ4v) is 7.40. The zero-order valence-corrected chi connectivity index (χ0v) is 26.2. The standard InChI is InChI=1S/C35H42N6O3/c1-5-7-13-30-29(20-25-15-17-26(18-16-25)27-11-8-9-12-28(27)32-36-38-39-37-32)33(42)41-31(14-10-19-40(30)41)35(34(43)44-6-2)21-23(3)24(4)22-35/h8-9,11-12,15-18,31H,5-7,10,13-14,19-22H2,1-4H3,(H,36,37,38,39). The van der Waals surface area contributed by atoms with Gasteiger partial charge in [-0.15, -0.1) is 5.10 Å². The molecular formula is C35H42N6O3. The number of carbonyl (C=O) groups excluding carboxylic acids is 1. The second-order valence-electron chi connectivity index (χ2n) is 12.4. The first-order valence-electron chi connectivity index (χ1n) is 16.0. The number of carbonyl (C=O) groups is 1. The van der Waals surface area contributed by atoms with Crippen molar-refractivity contribution in [2.45, 2.75) is 91.6 Å². The highest BCUT2D eigenvalue weighted by atomic mass is 16.5. The maximum absolute atomic E-state index is 14.5. The Morgan fingerprint density at radius 1 is 1.05 bits per heavy atom. The largest absolute Gasteiger partial charge is 0.465 e. The number of allylic oxidation sites excluding steroid dienone is 2. The maximum Gasteiger partial charge on any atom is 0.314 e. The van der Waals surface area contributed by atoms with Crippen LogP contribution in [0.2, 0.25) is 0 Å². The van der Waals surface area contributed by atoms with Gasteiger partial charge in [-0.3, -0.25) is 14.3 Å². The molecule has 2 aliphatic rings. The molecule has 0 bridgehead atoms. The monoisotopic (exact) mass is 594 g/mol. The van der Waals surface area contributed by atoms with Gasteiger partial charge in [-0.05, 0) is 86.4 Å². The number of fused-ring (bicyclic) bond motifs is 1. The molecular weight excluding hydrogens is 552 g/mol. The van der Waals surface area contributed by atoms with Gasteiger partial charge >= 0.3 is 5.97 Å². The van der Waals surface area contributed by atoms with Crippen molar-refractivity contribution in [3.63, 3.8) is 0 Å². The average molecular weight is 595 g/mol. The van der Waals surface area contributed by atoms with E-state index >= 15 is 0 Å². The predicted molar refractivity (Wildman–Crippen MR) is 170 cm³/mol. The summed E-state index contributed by atoms with van der Waals surface area (Å²) < 4.78 is 9.89. The maximum atomic E-state index is 14.5. The molecule has 44 heavy (non-hydrogen) atoms. The second-order valence-corrected chi connectivity index (χ2v) is 12.4. The van der Waals surface area contributed by atoms with Crippen molar-refractivity contribution in [1.82, 2.24) is 30.0 Å². The summed E-state index contributed by atoms with van der Waals surface area (Å²) in [6.07, 6.45) is 6.48. The molecule has 2 aromatic heterocycles. The summed E-state index contributed by atoms with van der Waals surface area (Å²) in [6.45, 7) is 9.41. The van der Waals surface area contributed by atoms with E-state index in [1.165, 1.54) is 11.1 Å². The Labute approximate surface area is 258 Å². The Kier molecular flexibility index (Phi) is 8.38. The fraction of sp³-hybridized carbons (Fsp3) is 0.457. The zero-order valence-electron chi connectivity index (χ0n) is 26.2. The highest BCUT2D eigenvalue weighted by Crippen LogP contribution is 2.52. The lowest BCUT2D eigenvalue weighted by Crippen LogP contribution is -2.46. The van der Waals surface area contributed by atoms with E-state index in [-0.39, 0.29) is 17.6 Å². The predicted octanol–water partition coefficient (Wildman–Crippen LogP) is 6.44. The molecule has 1 unspecified atom stereocenters. The topological polar surface area (TPSA) is 108 Å². The zero-order chi connectivity index (χ0) is 30.8. The van der Waals surface area contributed by atoms with Gasteiger partial charge in [-0.2, -0.15) is 0 Å². The molecule has 0 fully saturated rings. The summed E-state index contributed by atoms with van der Waals surface area (Å²) in [5.41, 5.74) is 7.84. The van der Waals surface area contributed by atoms with E-state index in [4.69, 9.17) is 4.74 Å². The van der Waals surface area contributed by atoms with Crippen LogP contribution in [0.4, 0.5) is 0 Å². The van der Waals surface area contributed by atoms with Gasteiger partial charge in [0.1, 0.15) is 0 Å². The highest BCUT2D eigenvalue weighted by molar-refractivity contribution is 5.80. The third kappa shape index (κ3) is 5.22. The number of hydrogen-bond acceptors (Lipinski definition) is 6. The number of nitrogens with zero attached hydrogens (tertiary/aromatic N) is 5. The SMILES string of the molecule is CCCCc1c(Cc2ccc(-c3ccccc3-c3nnn[nH]3)cc2)c(=O)n2n1CCCC2C1(C(=O)OCC)CC(C)=C(C)C1. The minimum Gasteiger partial charge on any atom is -0.465 e. The number of unbranched alkanes of at least 4 members (excludes halogenated alkanes) is 1. The number of ether oxygens (including phenoxy) is 1. The van der Waals surface area contributed by atoms with Gasteiger partial charge in [-0.25, -0.2) is 9.78 Å². The number of benzene rings is 2. The lowest BCUT2D eigenvalue weighted by molar-refractivity contribution is -0.159. The second kappa shape index (κ2) is 12.4. The first kappa shape index (κ1) is 29.8. The normalized spacial score (nSPS) is 17.6. The van der Waals surface area contributed by atoms with Gasteiger partial charge in [0.05, 0.1) is 18.1 Å². The summed E-state index contributed by atoms with van der Waals surface area (Å²) >= 11 is 0. The molecule has 9 heteroatoms. The third-order valence-electron chi connectivity index (χ3n) is 9.68. The van der Waals surface area contributed by atoms with Crippen LogP contribution in [-0.4, -0.2) is 42.6 Å². The Balaban J connectivity index is 1.38. The number of nitrogens with one attached hydrogen (secondary N) is 1. The van der Waals surface area contributed by atoms with Crippen molar-refractivity contribution in [2.24, 2.45) is 5.41 Å². The van der Waals surface area contributed by atoms with Gasteiger partial charge in [0.25, 0.3) is 5.56 Å². The lowest BCUT2D eigenvalue weighted by Gasteiger charge is -2.40. The average Bonchev–Trinajstić information content (AvgIpc) is 3.75. The molecule has 0 spiro atoms. The van der Waals surface area contributed by atoms with E-state index in [2.05, 4.69) is 76.4 Å². The van der Waals surface area contributed by atoms with Gasteiger partial charge in [0.2, 0.25) is 0 Å². The van der Waals surface area contributed by atoms with E-state index in [0.29, 0.717) is 31.7 Å². The smallest absolute Gasteiger partial charge is 0.314 e. The molecule has 0 amide bonds. The number of aromatic nitrogens is 6. The van der Waals surface area contributed by atoms with Crippen molar-refractivity contribution in [3.05, 3.63) is 86.9 Å². The number of H-pyrrole nitrogens is 1. The van der Waals surface area contributed by atoms with E-state index in [0.717, 1.165) is 72.2 Å². The minimum absolute atomic E-state index is 0.0407. The lowest BCUT2D eigenvalue weighted by atomic mass is 9.74. The van der Waals surface area contributed by atoms with Crippen LogP contribution >= 0.6 is 0 Å². The summed E-state index contributed by atoms with van der Waals surface area (Å²) in [4.78, 5) is 28.2. The van der Waals surface area contributed by atoms with Crippen molar-refractivity contribution in [3.8, 4) is 22.5 Å². The Bertz CT molecular complexity index is 1710. The van der Waals surface area contributed by atoms with Crippen LogP contribution in [0.15, 0.2) is 64.5 Å². The van der Waals surface area contributed by atoms with Crippen LogP contribution in [0.1, 0.15) is 89.1 Å². The molecule has 1 atom stereocenters.